The van der Waals surface area contributed by atoms with E-state index in [1.807, 2.05) is 26.0 Å². The van der Waals surface area contributed by atoms with Crippen LogP contribution in [0.4, 0.5) is 5.82 Å². The lowest BCUT2D eigenvalue weighted by Gasteiger charge is -2.18. The highest BCUT2D eigenvalue weighted by Gasteiger charge is 2.24. The van der Waals surface area contributed by atoms with Crippen LogP contribution in [0.2, 0.25) is 0 Å². The summed E-state index contributed by atoms with van der Waals surface area (Å²) in [6, 6.07) is 9.11. The van der Waals surface area contributed by atoms with Crippen molar-refractivity contribution in [3.05, 3.63) is 58.3 Å². The van der Waals surface area contributed by atoms with Crippen molar-refractivity contribution >= 4 is 88.8 Å². The first-order chi connectivity index (χ1) is 15.3. The summed E-state index contributed by atoms with van der Waals surface area (Å²) in [6.45, 7) is -0.163. The monoisotopic (exact) mass is 432 g/mol. The van der Waals surface area contributed by atoms with Crippen molar-refractivity contribution in [3.63, 3.8) is 0 Å². The van der Waals surface area contributed by atoms with Gasteiger partial charge in [0.1, 0.15) is 25.9 Å². The highest BCUT2D eigenvalue weighted by atomic mass is 16.2. The Balaban J connectivity index is 1.88. The molecule has 0 bridgehead atoms. The van der Waals surface area contributed by atoms with Crippen molar-refractivity contribution in [1.82, 2.24) is 24.1 Å². The van der Waals surface area contributed by atoms with Crippen molar-refractivity contribution in [2.24, 2.45) is 0 Å². The van der Waals surface area contributed by atoms with Gasteiger partial charge in [0.05, 0.1) is 52.5 Å². The van der Waals surface area contributed by atoms with Gasteiger partial charge in [0, 0.05) is 23.7 Å². The fraction of sp³-hybridized carbons (Fsp3) is 0.167. The van der Waals surface area contributed by atoms with Crippen LogP contribution < -0.4 is 16.3 Å². The van der Waals surface area contributed by atoms with Gasteiger partial charge >= 0.3 is 0 Å². The summed E-state index contributed by atoms with van der Waals surface area (Å²) in [7, 11) is 14.3. The molecule has 0 spiro atoms. The minimum Gasteiger partial charge on any atom is -0.309 e. The normalized spacial score (nSPS) is 12.2. The highest BCUT2D eigenvalue weighted by Crippen LogP contribution is 2.20. The molecule has 0 aliphatic heterocycles. The van der Waals surface area contributed by atoms with E-state index in [1.165, 1.54) is 4.57 Å². The van der Waals surface area contributed by atoms with Crippen LogP contribution in [0.5, 0.6) is 0 Å². The van der Waals surface area contributed by atoms with Crippen molar-refractivity contribution in [2.75, 3.05) is 5.32 Å². The molecule has 0 aromatic carbocycles. The SMILES string of the molecule is Bc1ccc(NC(=O)Cn2c(=O)c3ccc(C(B)(B)B)nc3n3nc(C(B)(B)B)cc23)nc1. The van der Waals surface area contributed by atoms with Crippen LogP contribution in [0.3, 0.4) is 0 Å². The van der Waals surface area contributed by atoms with Gasteiger partial charge in [-0.2, -0.15) is 9.61 Å². The average Bonchev–Trinajstić information content (AvgIpc) is 3.18. The first kappa shape index (κ1) is 23.1. The molecule has 0 aliphatic rings. The van der Waals surface area contributed by atoms with Gasteiger partial charge in [-0.25, -0.2) is 9.97 Å². The molecule has 1 amide bonds. The number of nitrogens with zero attached hydrogens (tertiary/aromatic N) is 5. The van der Waals surface area contributed by atoms with Gasteiger partial charge in [-0.1, -0.05) is 21.8 Å². The fourth-order valence-corrected chi connectivity index (χ4v) is 3.55. The van der Waals surface area contributed by atoms with Gasteiger partial charge in [-0.15, -0.1) is 0 Å². The third kappa shape index (κ3) is 4.54. The average molecular weight is 431 g/mol. The Kier molecular flexibility index (Phi) is 5.62. The van der Waals surface area contributed by atoms with Crippen LogP contribution in [0.25, 0.3) is 16.7 Å². The smallest absolute Gasteiger partial charge is 0.263 e. The van der Waals surface area contributed by atoms with E-state index >= 15 is 0 Å². The maximum Gasteiger partial charge on any atom is 0.263 e. The number of amides is 1. The summed E-state index contributed by atoms with van der Waals surface area (Å²) in [4.78, 5) is 35.3. The minimum absolute atomic E-state index is 0.163. The van der Waals surface area contributed by atoms with Crippen LogP contribution in [0, 0.1) is 0 Å². The third-order valence-electron chi connectivity index (χ3n) is 5.54. The molecular formula is C18H23B7N6O2. The molecule has 33 heavy (non-hydrogen) atoms. The summed E-state index contributed by atoms with van der Waals surface area (Å²) < 4.78 is 3.14. The zero-order chi connectivity index (χ0) is 24.1. The second-order valence-electron chi connectivity index (χ2n) is 10.5. The molecule has 0 atom stereocenters. The quantitative estimate of drug-likeness (QED) is 0.318. The Labute approximate surface area is 198 Å². The lowest BCUT2D eigenvalue weighted by Crippen LogP contribution is -2.31. The Morgan fingerprint density at radius 2 is 1.70 bits per heavy atom. The van der Waals surface area contributed by atoms with E-state index in [-0.39, 0.29) is 28.2 Å². The number of anilines is 1. The molecule has 0 radical (unpaired) electrons. The molecule has 4 heterocycles. The maximum absolute atomic E-state index is 13.5. The topological polar surface area (TPSA) is 94.2 Å². The first-order valence-electron chi connectivity index (χ1n) is 11.0. The molecule has 4 aromatic heterocycles. The molecule has 0 aliphatic carbocycles. The molecule has 158 valence electrons. The van der Waals surface area contributed by atoms with Crippen molar-refractivity contribution in [1.29, 1.82) is 0 Å². The van der Waals surface area contributed by atoms with E-state index in [4.69, 9.17) is 10.1 Å². The van der Waals surface area contributed by atoms with Gasteiger partial charge in [-0.05, 0) is 18.2 Å². The van der Waals surface area contributed by atoms with Crippen LogP contribution >= 0.6 is 0 Å². The lowest BCUT2D eigenvalue weighted by molar-refractivity contribution is -0.116. The van der Waals surface area contributed by atoms with Crippen molar-refractivity contribution < 1.29 is 4.79 Å². The van der Waals surface area contributed by atoms with E-state index in [0.717, 1.165) is 16.9 Å². The Morgan fingerprint density at radius 3 is 2.30 bits per heavy atom. The van der Waals surface area contributed by atoms with Crippen LogP contribution in [-0.4, -0.2) is 85.0 Å². The predicted molar refractivity (Wildman–Crippen MR) is 150 cm³/mol. The second-order valence-corrected chi connectivity index (χ2v) is 10.5. The number of rotatable bonds is 5. The molecule has 0 saturated heterocycles. The molecule has 4 rings (SSSR count). The molecule has 4 aromatic rings. The molecule has 0 saturated carbocycles. The Bertz CT molecular complexity index is 1440. The molecule has 8 nitrogen and oxygen atoms in total. The number of aromatic nitrogens is 5. The van der Waals surface area contributed by atoms with E-state index in [1.54, 1.807) is 22.8 Å². The summed E-state index contributed by atoms with van der Waals surface area (Å²) >= 11 is 0. The van der Waals surface area contributed by atoms with Crippen molar-refractivity contribution in [3.8, 4) is 0 Å². The van der Waals surface area contributed by atoms with Crippen molar-refractivity contribution in [2.45, 2.75) is 16.8 Å². The zero-order valence-electron chi connectivity index (χ0n) is 20.2. The first-order valence-corrected chi connectivity index (χ1v) is 11.0. The van der Waals surface area contributed by atoms with Crippen LogP contribution in [-0.2, 0) is 21.6 Å². The van der Waals surface area contributed by atoms with Gasteiger partial charge in [0.25, 0.3) is 5.56 Å². The van der Waals surface area contributed by atoms with Gasteiger partial charge in [0.2, 0.25) is 5.91 Å². The van der Waals surface area contributed by atoms with Gasteiger partial charge < -0.3 is 5.32 Å². The van der Waals surface area contributed by atoms with Crippen LogP contribution in [0.15, 0.2) is 41.3 Å². The molecule has 1 N–H and O–H groups in total. The van der Waals surface area contributed by atoms with E-state index < -0.39 is 0 Å². The molecule has 0 unspecified atom stereocenters. The van der Waals surface area contributed by atoms with E-state index in [9.17, 15) is 9.59 Å². The molecule has 0 fully saturated rings. The zero-order valence-corrected chi connectivity index (χ0v) is 20.2. The Morgan fingerprint density at radius 1 is 1.00 bits per heavy atom. The number of carbonyl (C=O) groups is 1. The number of hydrogen-bond acceptors (Lipinski definition) is 5. The molecular weight excluding hydrogens is 408 g/mol. The highest BCUT2D eigenvalue weighted by molar-refractivity contribution is 6.59. The summed E-state index contributed by atoms with van der Waals surface area (Å²) in [5.74, 6) is 0.100. The van der Waals surface area contributed by atoms with E-state index in [2.05, 4.69) is 57.4 Å². The largest absolute Gasteiger partial charge is 0.309 e. The van der Waals surface area contributed by atoms with Gasteiger partial charge in [0.15, 0.2) is 5.65 Å². The van der Waals surface area contributed by atoms with E-state index in [0.29, 0.717) is 22.5 Å². The standard InChI is InChI=1S/C18H23B7N6O2/c19-8-1-4-12(26-6-8)28-13(32)7-30-14-5-11(18(23,24)25)29-31(14)15-9(16(30)33)2-3-10(27-15)17(20,21)22/h1-6H,7,19-25H2,(H,26,28,32). The lowest BCUT2D eigenvalue weighted by atomic mass is 9.41. The molecule has 15 heteroatoms. The number of nitrogens with one attached hydrogen (secondary N) is 1. The summed E-state index contributed by atoms with van der Waals surface area (Å²) in [6.07, 6.45) is 1.68. The Hall–Kier alpha value is -3.10. The van der Waals surface area contributed by atoms with Crippen LogP contribution in [0.1, 0.15) is 11.4 Å². The number of hydrogen-bond donors (Lipinski definition) is 1. The van der Waals surface area contributed by atoms with Gasteiger partial charge in [-0.3, -0.25) is 14.2 Å². The third-order valence-corrected chi connectivity index (χ3v) is 5.54. The predicted octanol–water partition coefficient (Wildman–Crippen LogP) is -6.64. The summed E-state index contributed by atoms with van der Waals surface area (Å²) in [5.41, 5.74) is 3.42. The number of pyridine rings is 2. The second kappa shape index (κ2) is 8.04. The fourth-order valence-electron chi connectivity index (χ4n) is 3.55. The summed E-state index contributed by atoms with van der Waals surface area (Å²) in [5, 5.41) is 7.55. The maximum atomic E-state index is 13.5. The number of fused-ring (bicyclic) bond motifs is 3. The number of carbonyl (C=O) groups excluding carboxylic acids is 1. The minimum atomic E-state index is -0.340.